The molecule has 18 heavy (non-hydrogen) atoms. The van der Waals surface area contributed by atoms with Crippen LogP contribution in [0.2, 0.25) is 0 Å². The molecule has 0 heterocycles. The smallest absolute Gasteiger partial charge is 0.220 e. The summed E-state index contributed by atoms with van der Waals surface area (Å²) in [7, 11) is 0. The minimum atomic E-state index is 0.0541. The van der Waals surface area contributed by atoms with Gasteiger partial charge in [0.2, 0.25) is 5.91 Å². The fourth-order valence-electron chi connectivity index (χ4n) is 2.00. The first-order chi connectivity index (χ1) is 8.42. The van der Waals surface area contributed by atoms with Gasteiger partial charge in [-0.25, -0.2) is 0 Å². The molecule has 0 aliphatic heterocycles. The van der Waals surface area contributed by atoms with Crippen molar-refractivity contribution < 1.29 is 4.79 Å². The Morgan fingerprint density at radius 3 is 2.33 bits per heavy atom. The number of carbonyl (C=O) groups excluding carboxylic acids is 1. The van der Waals surface area contributed by atoms with Crippen LogP contribution in [-0.2, 0) is 4.79 Å². The van der Waals surface area contributed by atoms with E-state index in [0.717, 1.165) is 13.0 Å². The van der Waals surface area contributed by atoms with E-state index in [2.05, 4.69) is 57.3 Å². The van der Waals surface area contributed by atoms with Crippen LogP contribution < -0.4 is 5.32 Å². The van der Waals surface area contributed by atoms with Crippen molar-refractivity contribution in [3.8, 4) is 0 Å². The van der Waals surface area contributed by atoms with Crippen molar-refractivity contribution in [2.24, 2.45) is 5.41 Å². The molecule has 0 aliphatic rings. The van der Waals surface area contributed by atoms with Crippen LogP contribution >= 0.6 is 0 Å². The number of carbonyl (C=O) groups is 1. The van der Waals surface area contributed by atoms with Crippen LogP contribution in [0.1, 0.15) is 52.0 Å². The molecule has 0 bridgehead atoms. The Labute approximate surface area is 111 Å². The largest absolute Gasteiger partial charge is 0.355 e. The number of benzene rings is 1. The predicted molar refractivity (Wildman–Crippen MR) is 76.6 cm³/mol. The maximum absolute atomic E-state index is 11.8. The zero-order valence-corrected chi connectivity index (χ0v) is 12.0. The molecule has 2 nitrogen and oxygen atoms in total. The van der Waals surface area contributed by atoms with E-state index < -0.39 is 0 Å². The van der Waals surface area contributed by atoms with Gasteiger partial charge >= 0.3 is 0 Å². The molecule has 1 unspecified atom stereocenters. The number of rotatable bonds is 5. The summed E-state index contributed by atoms with van der Waals surface area (Å²) in [6, 6.07) is 10.4. The average Bonchev–Trinajstić information content (AvgIpc) is 2.29. The van der Waals surface area contributed by atoms with Gasteiger partial charge in [0.15, 0.2) is 0 Å². The third-order valence-electron chi connectivity index (χ3n) is 3.00. The van der Waals surface area contributed by atoms with Crippen LogP contribution in [0.5, 0.6) is 0 Å². The molecule has 0 aliphatic carbocycles. The summed E-state index contributed by atoms with van der Waals surface area (Å²) in [5.74, 6) is 0.562. The van der Waals surface area contributed by atoms with E-state index in [1.807, 2.05) is 6.07 Å². The monoisotopic (exact) mass is 247 g/mol. The van der Waals surface area contributed by atoms with E-state index in [1.54, 1.807) is 0 Å². The zero-order valence-electron chi connectivity index (χ0n) is 12.0. The Balaban J connectivity index is 2.48. The van der Waals surface area contributed by atoms with E-state index in [4.69, 9.17) is 0 Å². The summed E-state index contributed by atoms with van der Waals surface area (Å²) in [4.78, 5) is 11.8. The first-order valence-corrected chi connectivity index (χ1v) is 6.74. The van der Waals surface area contributed by atoms with Crippen LogP contribution in [0.15, 0.2) is 30.3 Å². The Kier molecular flexibility index (Phi) is 5.39. The molecule has 0 spiro atoms. The summed E-state index contributed by atoms with van der Waals surface area (Å²) in [6.45, 7) is 9.15. The van der Waals surface area contributed by atoms with Crippen molar-refractivity contribution in [3.63, 3.8) is 0 Å². The normalized spacial score (nSPS) is 13.1. The highest BCUT2D eigenvalue weighted by Gasteiger charge is 2.17. The molecule has 1 rings (SSSR count). The van der Waals surface area contributed by atoms with E-state index >= 15 is 0 Å². The van der Waals surface area contributed by atoms with Gasteiger partial charge in [-0.2, -0.15) is 0 Å². The fourth-order valence-corrected chi connectivity index (χ4v) is 2.00. The summed E-state index contributed by atoms with van der Waals surface area (Å²) >= 11 is 0. The van der Waals surface area contributed by atoms with Gasteiger partial charge in [0.1, 0.15) is 0 Å². The summed E-state index contributed by atoms with van der Waals surface area (Å²) in [6.07, 6.45) is 1.62. The minimum absolute atomic E-state index is 0.0541. The molecule has 0 fully saturated rings. The molecule has 2 heteroatoms. The van der Waals surface area contributed by atoms with Gasteiger partial charge in [-0.3, -0.25) is 4.79 Å². The maximum Gasteiger partial charge on any atom is 0.220 e. The van der Waals surface area contributed by atoms with Crippen molar-refractivity contribution in [2.45, 2.75) is 46.5 Å². The molecule has 0 saturated heterocycles. The van der Waals surface area contributed by atoms with Gasteiger partial charge < -0.3 is 5.32 Å². The summed E-state index contributed by atoms with van der Waals surface area (Å²) in [5, 5.41) is 3.05. The topological polar surface area (TPSA) is 29.1 Å². The third-order valence-corrected chi connectivity index (χ3v) is 3.00. The Hall–Kier alpha value is -1.31. The van der Waals surface area contributed by atoms with Crippen LogP contribution in [-0.4, -0.2) is 12.5 Å². The highest BCUT2D eigenvalue weighted by Crippen LogP contribution is 2.20. The van der Waals surface area contributed by atoms with Gasteiger partial charge in [-0.1, -0.05) is 58.0 Å². The van der Waals surface area contributed by atoms with Crippen molar-refractivity contribution in [1.29, 1.82) is 0 Å². The molecule has 100 valence electrons. The Morgan fingerprint density at radius 1 is 1.22 bits per heavy atom. The van der Waals surface area contributed by atoms with Crippen molar-refractivity contribution in [1.82, 2.24) is 5.32 Å². The van der Waals surface area contributed by atoms with Crippen molar-refractivity contribution >= 4 is 5.91 Å². The van der Waals surface area contributed by atoms with Gasteiger partial charge in [0.05, 0.1) is 0 Å². The SMILES string of the molecule is CCC(CNC(=O)CC(C)(C)C)c1ccccc1. The van der Waals surface area contributed by atoms with E-state index in [1.165, 1.54) is 5.56 Å². The van der Waals surface area contributed by atoms with Gasteiger partial charge in [-0.05, 0) is 17.4 Å². The molecule has 1 aromatic rings. The lowest BCUT2D eigenvalue weighted by Gasteiger charge is -2.20. The van der Waals surface area contributed by atoms with Crippen LogP contribution in [0.3, 0.4) is 0 Å². The molecular formula is C16H25NO. The van der Waals surface area contributed by atoms with E-state index in [9.17, 15) is 4.79 Å². The fraction of sp³-hybridized carbons (Fsp3) is 0.562. The summed E-state index contributed by atoms with van der Waals surface area (Å²) in [5.41, 5.74) is 1.36. The highest BCUT2D eigenvalue weighted by atomic mass is 16.1. The Bertz CT molecular complexity index is 364. The van der Waals surface area contributed by atoms with E-state index in [0.29, 0.717) is 12.3 Å². The number of hydrogen-bond donors (Lipinski definition) is 1. The second kappa shape index (κ2) is 6.58. The molecule has 1 N–H and O–H groups in total. The van der Waals surface area contributed by atoms with Gasteiger partial charge in [0.25, 0.3) is 0 Å². The Morgan fingerprint density at radius 2 is 1.83 bits per heavy atom. The predicted octanol–water partition coefficient (Wildman–Crippen LogP) is 3.73. The second-order valence-electron chi connectivity index (χ2n) is 6.06. The molecule has 0 saturated carbocycles. The standard InChI is InChI=1S/C16H25NO/c1-5-13(14-9-7-6-8-10-14)12-17-15(18)11-16(2,3)4/h6-10,13H,5,11-12H2,1-4H3,(H,17,18). The summed E-state index contributed by atoms with van der Waals surface area (Å²) < 4.78 is 0. The van der Waals surface area contributed by atoms with E-state index in [-0.39, 0.29) is 11.3 Å². The maximum atomic E-state index is 11.8. The lowest BCUT2D eigenvalue weighted by atomic mass is 9.91. The number of nitrogens with one attached hydrogen (secondary N) is 1. The molecule has 1 amide bonds. The lowest BCUT2D eigenvalue weighted by molar-refractivity contribution is -0.122. The number of amides is 1. The highest BCUT2D eigenvalue weighted by molar-refractivity contribution is 5.76. The molecule has 0 radical (unpaired) electrons. The molecule has 1 atom stereocenters. The molecule has 1 aromatic carbocycles. The van der Waals surface area contributed by atoms with Gasteiger partial charge in [-0.15, -0.1) is 0 Å². The second-order valence-corrected chi connectivity index (χ2v) is 6.06. The van der Waals surface area contributed by atoms with Crippen LogP contribution in [0.25, 0.3) is 0 Å². The van der Waals surface area contributed by atoms with Crippen LogP contribution in [0, 0.1) is 5.41 Å². The first kappa shape index (κ1) is 14.7. The minimum Gasteiger partial charge on any atom is -0.355 e. The van der Waals surface area contributed by atoms with Crippen molar-refractivity contribution in [3.05, 3.63) is 35.9 Å². The lowest BCUT2D eigenvalue weighted by Crippen LogP contribution is -2.31. The van der Waals surface area contributed by atoms with Gasteiger partial charge in [0, 0.05) is 18.9 Å². The average molecular weight is 247 g/mol. The first-order valence-electron chi connectivity index (χ1n) is 6.74. The molecule has 0 aromatic heterocycles. The third kappa shape index (κ3) is 5.35. The zero-order chi connectivity index (χ0) is 13.6. The number of hydrogen-bond acceptors (Lipinski definition) is 1. The van der Waals surface area contributed by atoms with Crippen molar-refractivity contribution in [2.75, 3.05) is 6.54 Å². The van der Waals surface area contributed by atoms with Crippen LogP contribution in [0.4, 0.5) is 0 Å². The quantitative estimate of drug-likeness (QED) is 0.844. The molecular weight excluding hydrogens is 222 g/mol.